The molecule has 154 valence electrons. The molecule has 0 aromatic heterocycles. The minimum Gasteiger partial charge on any atom is -0.374 e. The van der Waals surface area contributed by atoms with E-state index in [0.29, 0.717) is 11.2 Å². The second kappa shape index (κ2) is 6.19. The van der Waals surface area contributed by atoms with Crippen LogP contribution < -0.4 is 0 Å². The van der Waals surface area contributed by atoms with Gasteiger partial charge in [-0.25, -0.2) is 0 Å². The van der Waals surface area contributed by atoms with Crippen molar-refractivity contribution in [3.05, 3.63) is 11.6 Å². The zero-order valence-corrected chi connectivity index (χ0v) is 17.9. The molecule has 1 heterocycles. The van der Waals surface area contributed by atoms with E-state index in [1.807, 2.05) is 0 Å². The van der Waals surface area contributed by atoms with E-state index in [2.05, 4.69) is 19.9 Å². The summed E-state index contributed by atoms with van der Waals surface area (Å²) in [5.74, 6) is 6.46. The molecule has 9 atom stereocenters. The van der Waals surface area contributed by atoms with Crippen LogP contribution in [0.5, 0.6) is 0 Å². The highest BCUT2D eigenvalue weighted by Gasteiger charge is 2.78. The Kier molecular flexibility index (Phi) is 4.01. The Labute approximate surface area is 170 Å². The second-order valence-electron chi connectivity index (χ2n) is 11.2. The first-order valence-electron chi connectivity index (χ1n) is 12.5. The van der Waals surface area contributed by atoms with Gasteiger partial charge in [0.1, 0.15) is 0 Å². The fraction of sp³-hybridized carbons (Fsp3) is 0.885. The molecule has 0 N–H and O–H groups in total. The van der Waals surface area contributed by atoms with Crippen molar-refractivity contribution in [3.63, 3.8) is 0 Å². The first-order chi connectivity index (χ1) is 13.6. The third-order valence-electron chi connectivity index (χ3n) is 10.6. The molecule has 0 bridgehead atoms. The largest absolute Gasteiger partial charge is 0.374 e. The first kappa shape index (κ1) is 18.2. The normalized spacial score (nSPS) is 54.0. The van der Waals surface area contributed by atoms with Gasteiger partial charge in [0.05, 0.1) is 5.60 Å². The molecule has 5 aliphatic carbocycles. The summed E-state index contributed by atoms with van der Waals surface area (Å²) in [6.07, 6.45) is 16.2. The van der Waals surface area contributed by atoms with Crippen molar-refractivity contribution < 1.29 is 9.53 Å². The minimum atomic E-state index is 0.247. The highest BCUT2D eigenvalue weighted by atomic mass is 16.5. The fourth-order valence-corrected chi connectivity index (χ4v) is 9.97. The third kappa shape index (κ3) is 2.12. The molecular formula is C26H38O2. The molecule has 6 rings (SSSR count). The first-order valence-corrected chi connectivity index (χ1v) is 12.5. The van der Waals surface area contributed by atoms with Gasteiger partial charge in [0, 0.05) is 18.4 Å². The van der Waals surface area contributed by atoms with Crippen molar-refractivity contribution in [2.45, 2.75) is 90.1 Å². The number of ketones is 1. The number of allylic oxidation sites excluding steroid dienone is 1. The summed E-state index contributed by atoms with van der Waals surface area (Å²) in [4.78, 5) is 12.2. The lowest BCUT2D eigenvalue weighted by atomic mass is 9.45. The Hall–Kier alpha value is -0.630. The van der Waals surface area contributed by atoms with Gasteiger partial charge in [-0.05, 0) is 98.9 Å². The van der Waals surface area contributed by atoms with Crippen molar-refractivity contribution in [2.24, 2.45) is 46.8 Å². The summed E-state index contributed by atoms with van der Waals surface area (Å²) in [7, 11) is 0. The van der Waals surface area contributed by atoms with Crippen LogP contribution in [0.15, 0.2) is 11.6 Å². The maximum Gasteiger partial charge on any atom is 0.155 e. The van der Waals surface area contributed by atoms with Crippen molar-refractivity contribution in [3.8, 4) is 0 Å². The molecular weight excluding hydrogens is 344 g/mol. The number of ether oxygens (including phenoxy) is 1. The average molecular weight is 383 g/mol. The van der Waals surface area contributed by atoms with E-state index in [0.717, 1.165) is 60.9 Å². The van der Waals surface area contributed by atoms with Crippen molar-refractivity contribution in [2.75, 3.05) is 6.61 Å². The van der Waals surface area contributed by atoms with Crippen molar-refractivity contribution in [1.29, 1.82) is 0 Å². The van der Waals surface area contributed by atoms with E-state index in [1.165, 1.54) is 57.8 Å². The number of hydrogen-bond acceptors (Lipinski definition) is 2. The number of carbonyl (C=O) groups is 1. The summed E-state index contributed by atoms with van der Waals surface area (Å²) in [5, 5.41) is 0. The fourth-order valence-electron chi connectivity index (χ4n) is 9.97. The SMILES string of the molecule is CCC[C@@H]1CC2=CC(=O)CC[C@@H]2C2CC[C@@]3(CC)C(C21)[C@@H]1C[C@@H]1[C@@]31CCCO1. The molecule has 2 nitrogen and oxygen atoms in total. The van der Waals surface area contributed by atoms with Gasteiger partial charge in [-0.3, -0.25) is 4.79 Å². The van der Waals surface area contributed by atoms with E-state index < -0.39 is 0 Å². The van der Waals surface area contributed by atoms with Gasteiger partial charge < -0.3 is 4.74 Å². The predicted octanol–water partition coefficient (Wildman–Crippen LogP) is 5.95. The monoisotopic (exact) mass is 382 g/mol. The quantitative estimate of drug-likeness (QED) is 0.603. The number of rotatable bonds is 3. The Morgan fingerprint density at radius 2 is 2.07 bits per heavy atom. The van der Waals surface area contributed by atoms with Gasteiger partial charge >= 0.3 is 0 Å². The lowest BCUT2D eigenvalue weighted by Crippen LogP contribution is -2.57. The smallest absolute Gasteiger partial charge is 0.155 e. The maximum atomic E-state index is 12.2. The number of hydrogen-bond donors (Lipinski definition) is 0. The van der Waals surface area contributed by atoms with Crippen LogP contribution in [0, 0.1) is 46.8 Å². The molecule has 6 aliphatic rings. The summed E-state index contributed by atoms with van der Waals surface area (Å²) >= 11 is 0. The summed E-state index contributed by atoms with van der Waals surface area (Å²) in [6.45, 7) is 5.87. The maximum absolute atomic E-state index is 12.2. The summed E-state index contributed by atoms with van der Waals surface area (Å²) in [6, 6.07) is 0. The molecule has 0 amide bonds. The van der Waals surface area contributed by atoms with Crippen LogP contribution in [0.2, 0.25) is 0 Å². The molecule has 1 spiro atoms. The third-order valence-corrected chi connectivity index (χ3v) is 10.6. The molecule has 4 saturated carbocycles. The molecule has 0 aromatic rings. The number of carbonyl (C=O) groups excluding carboxylic acids is 1. The van der Waals surface area contributed by atoms with E-state index in [9.17, 15) is 4.79 Å². The van der Waals surface area contributed by atoms with Crippen LogP contribution in [0.1, 0.15) is 84.5 Å². The Morgan fingerprint density at radius 3 is 2.82 bits per heavy atom. The number of fused-ring (bicyclic) bond motifs is 9. The van der Waals surface area contributed by atoms with Crippen LogP contribution in [0.3, 0.4) is 0 Å². The second-order valence-corrected chi connectivity index (χ2v) is 11.2. The molecule has 28 heavy (non-hydrogen) atoms. The van der Waals surface area contributed by atoms with Crippen LogP contribution >= 0.6 is 0 Å². The van der Waals surface area contributed by atoms with E-state index in [-0.39, 0.29) is 5.60 Å². The van der Waals surface area contributed by atoms with E-state index in [1.54, 1.807) is 5.57 Å². The van der Waals surface area contributed by atoms with Crippen molar-refractivity contribution in [1.82, 2.24) is 0 Å². The van der Waals surface area contributed by atoms with Crippen LogP contribution in [-0.2, 0) is 9.53 Å². The lowest BCUT2D eigenvalue weighted by molar-refractivity contribution is -0.167. The molecule has 1 saturated heterocycles. The molecule has 0 radical (unpaired) electrons. The van der Waals surface area contributed by atoms with Gasteiger partial charge in [0.2, 0.25) is 0 Å². The van der Waals surface area contributed by atoms with Gasteiger partial charge in [-0.2, -0.15) is 0 Å². The van der Waals surface area contributed by atoms with E-state index in [4.69, 9.17) is 4.74 Å². The molecule has 1 aliphatic heterocycles. The van der Waals surface area contributed by atoms with Gasteiger partial charge in [0.15, 0.2) is 5.78 Å². The summed E-state index contributed by atoms with van der Waals surface area (Å²) < 4.78 is 6.76. The highest BCUT2D eigenvalue weighted by molar-refractivity contribution is 5.91. The zero-order chi connectivity index (χ0) is 19.1. The molecule has 2 heteroatoms. The Bertz CT molecular complexity index is 701. The average Bonchev–Trinajstić information content (AvgIpc) is 3.27. The van der Waals surface area contributed by atoms with Crippen molar-refractivity contribution >= 4 is 5.78 Å². The standard InChI is InChI=1S/C26H38O2/c1-3-6-16-13-17-14-18(27)7-8-19(17)20-9-11-25(4-2)24(23(16)20)21-15-22(21)26(25)10-5-12-28-26/h14,16,19-24H,3-13,15H2,1-2H3/t16-,19+,20?,21-,22+,23?,24?,25+,26+/m1/s1. The molecule has 0 aromatic carbocycles. The van der Waals surface area contributed by atoms with Crippen LogP contribution in [-0.4, -0.2) is 18.0 Å². The van der Waals surface area contributed by atoms with E-state index >= 15 is 0 Å². The lowest BCUT2D eigenvalue weighted by Gasteiger charge is -2.60. The Balaban J connectivity index is 1.43. The summed E-state index contributed by atoms with van der Waals surface area (Å²) in [5.41, 5.74) is 2.27. The van der Waals surface area contributed by atoms with Gasteiger partial charge in [0.25, 0.3) is 0 Å². The molecule has 3 unspecified atom stereocenters. The van der Waals surface area contributed by atoms with Gasteiger partial charge in [-0.1, -0.05) is 32.3 Å². The zero-order valence-electron chi connectivity index (χ0n) is 17.9. The Morgan fingerprint density at radius 1 is 1.18 bits per heavy atom. The van der Waals surface area contributed by atoms with Gasteiger partial charge in [-0.15, -0.1) is 0 Å². The topological polar surface area (TPSA) is 26.3 Å². The molecule has 5 fully saturated rings. The predicted molar refractivity (Wildman–Crippen MR) is 111 cm³/mol. The highest BCUT2D eigenvalue weighted by Crippen LogP contribution is 2.79. The minimum absolute atomic E-state index is 0.247. The van der Waals surface area contributed by atoms with Crippen LogP contribution in [0.4, 0.5) is 0 Å². The van der Waals surface area contributed by atoms with Crippen LogP contribution in [0.25, 0.3) is 0 Å².